The van der Waals surface area contributed by atoms with Crippen LogP contribution in [0.3, 0.4) is 0 Å². The van der Waals surface area contributed by atoms with E-state index in [1.165, 1.54) is 15.6 Å². The Morgan fingerprint density at radius 2 is 2.00 bits per heavy atom. The molecule has 0 atom stereocenters. The first-order valence-corrected chi connectivity index (χ1v) is 14.5. The largest absolute Gasteiger partial charge is 0.351 e. The number of sulfonamides is 1. The number of benzene rings is 1. The maximum atomic E-state index is 13.1. The van der Waals surface area contributed by atoms with Crippen molar-refractivity contribution in [2.24, 2.45) is 0 Å². The number of piperazine rings is 1. The minimum atomic E-state index is -3.68. The molecule has 1 aliphatic heterocycles. The predicted octanol–water partition coefficient (Wildman–Crippen LogP) is 4.50. The van der Waals surface area contributed by atoms with E-state index in [9.17, 15) is 13.2 Å². The van der Waals surface area contributed by atoms with Crippen molar-refractivity contribution in [2.75, 3.05) is 37.5 Å². The first-order chi connectivity index (χ1) is 16.7. The average molecular weight is 550 g/mol. The average Bonchev–Trinajstić information content (AvgIpc) is 3.60. The van der Waals surface area contributed by atoms with Crippen LogP contribution in [0, 0.1) is 0 Å². The number of nitrogens with zero attached hydrogens (tertiary/aromatic N) is 4. The normalized spacial score (nSPS) is 15.1. The highest BCUT2D eigenvalue weighted by Crippen LogP contribution is 2.38. The summed E-state index contributed by atoms with van der Waals surface area (Å²) >= 11 is 9.25. The standard InChI is InChI=1S/C23H24ClN5O3S3/c1-15(30)29-9-7-28(8-10-29)14-16-13-25-23(34-16)19-12-17-18(24)5-6-20(22(17)26-19)27(2)35(31,32)21-4-3-11-33-21/h3-6,11-13,26H,7-10,14H2,1-2H3. The molecule has 1 N–H and O–H groups in total. The van der Waals surface area contributed by atoms with Gasteiger partial charge in [0, 0.05) is 63.2 Å². The Hall–Kier alpha value is -2.44. The number of fused-ring (bicyclic) bond motifs is 1. The summed E-state index contributed by atoms with van der Waals surface area (Å²) in [6.45, 7) is 5.54. The number of hydrogen-bond acceptors (Lipinski definition) is 7. The summed E-state index contributed by atoms with van der Waals surface area (Å²) in [5, 5.41) is 3.83. The number of anilines is 1. The Labute approximate surface area is 216 Å². The van der Waals surface area contributed by atoms with Crippen LogP contribution in [0.15, 0.2) is 46.1 Å². The number of nitrogens with one attached hydrogen (secondary N) is 1. The maximum Gasteiger partial charge on any atom is 0.273 e. The van der Waals surface area contributed by atoms with Crippen molar-refractivity contribution in [2.45, 2.75) is 17.7 Å². The van der Waals surface area contributed by atoms with Crippen LogP contribution in [-0.4, -0.2) is 67.3 Å². The van der Waals surface area contributed by atoms with E-state index < -0.39 is 10.0 Å². The van der Waals surface area contributed by atoms with E-state index in [-0.39, 0.29) is 10.1 Å². The lowest BCUT2D eigenvalue weighted by Gasteiger charge is -2.33. The molecule has 5 rings (SSSR count). The van der Waals surface area contributed by atoms with Gasteiger partial charge in [-0.15, -0.1) is 22.7 Å². The fourth-order valence-electron chi connectivity index (χ4n) is 4.17. The fraction of sp³-hybridized carbons (Fsp3) is 0.304. The third-order valence-electron chi connectivity index (χ3n) is 6.15. The molecule has 1 saturated heterocycles. The number of H-pyrrole nitrogens is 1. The van der Waals surface area contributed by atoms with Crippen molar-refractivity contribution >= 4 is 66.8 Å². The van der Waals surface area contributed by atoms with Gasteiger partial charge in [-0.3, -0.25) is 14.0 Å². The molecule has 0 bridgehead atoms. The van der Waals surface area contributed by atoms with Crippen molar-refractivity contribution in [3.63, 3.8) is 0 Å². The maximum absolute atomic E-state index is 13.1. The third-order valence-corrected chi connectivity index (χ3v) is 10.6. The molecule has 35 heavy (non-hydrogen) atoms. The SMILES string of the molecule is CC(=O)N1CCN(Cc2cnc(-c3cc4c(Cl)ccc(N(C)S(=O)(=O)c5cccs5)c4[nH]3)s2)CC1. The molecular formula is C23H24ClN5O3S3. The number of thiophene rings is 1. The lowest BCUT2D eigenvalue weighted by molar-refractivity contribution is -0.130. The minimum absolute atomic E-state index is 0.121. The van der Waals surface area contributed by atoms with Crippen LogP contribution < -0.4 is 4.31 Å². The second-order valence-electron chi connectivity index (χ2n) is 8.36. The van der Waals surface area contributed by atoms with Crippen molar-refractivity contribution < 1.29 is 13.2 Å². The van der Waals surface area contributed by atoms with Crippen molar-refractivity contribution in [3.8, 4) is 10.7 Å². The summed E-state index contributed by atoms with van der Waals surface area (Å²) in [6, 6.07) is 8.66. The van der Waals surface area contributed by atoms with Gasteiger partial charge >= 0.3 is 0 Å². The van der Waals surface area contributed by atoms with Crippen LogP contribution in [0.25, 0.3) is 21.6 Å². The molecule has 0 radical (unpaired) electrons. The fourth-order valence-corrected chi connectivity index (χ4v) is 7.68. The lowest BCUT2D eigenvalue weighted by Crippen LogP contribution is -2.47. The topological polar surface area (TPSA) is 89.6 Å². The number of aromatic nitrogens is 2. The van der Waals surface area contributed by atoms with Crippen molar-refractivity contribution in [1.29, 1.82) is 0 Å². The Kier molecular flexibility index (Phi) is 6.62. The summed E-state index contributed by atoms with van der Waals surface area (Å²) in [5.41, 5.74) is 1.95. The zero-order valence-corrected chi connectivity index (χ0v) is 22.4. The molecule has 1 fully saturated rings. The van der Waals surface area contributed by atoms with Gasteiger partial charge < -0.3 is 9.88 Å². The van der Waals surface area contributed by atoms with Gasteiger partial charge in [-0.05, 0) is 29.6 Å². The number of hydrogen-bond donors (Lipinski definition) is 1. The molecule has 4 aromatic rings. The summed E-state index contributed by atoms with van der Waals surface area (Å²) in [4.78, 5) is 24.8. The number of aromatic amines is 1. The van der Waals surface area contributed by atoms with Gasteiger partial charge in [0.05, 0.1) is 21.9 Å². The van der Waals surface area contributed by atoms with E-state index in [1.807, 2.05) is 17.2 Å². The number of amides is 1. The number of halogens is 1. The lowest BCUT2D eigenvalue weighted by atomic mass is 10.2. The van der Waals surface area contributed by atoms with Gasteiger partial charge in [0.25, 0.3) is 10.0 Å². The number of carbonyl (C=O) groups excluding carboxylic acids is 1. The zero-order valence-electron chi connectivity index (χ0n) is 19.2. The van der Waals surface area contributed by atoms with E-state index in [4.69, 9.17) is 11.6 Å². The molecule has 12 heteroatoms. The van der Waals surface area contributed by atoms with Crippen molar-refractivity contribution in [3.05, 3.63) is 51.8 Å². The van der Waals surface area contributed by atoms with Crippen molar-refractivity contribution in [1.82, 2.24) is 19.8 Å². The summed E-state index contributed by atoms with van der Waals surface area (Å²) in [5.74, 6) is 0.121. The van der Waals surface area contributed by atoms with Crippen LogP contribution in [-0.2, 0) is 21.4 Å². The molecule has 0 spiro atoms. The number of rotatable bonds is 6. The highest BCUT2D eigenvalue weighted by Gasteiger charge is 2.25. The molecule has 1 aliphatic rings. The molecule has 8 nitrogen and oxygen atoms in total. The van der Waals surface area contributed by atoms with Gasteiger partial charge in [-0.25, -0.2) is 13.4 Å². The molecule has 4 heterocycles. The molecule has 1 aromatic carbocycles. The van der Waals surface area contributed by atoms with E-state index >= 15 is 0 Å². The van der Waals surface area contributed by atoms with E-state index in [0.29, 0.717) is 16.2 Å². The quantitative estimate of drug-likeness (QED) is 0.382. The Morgan fingerprint density at radius 3 is 2.69 bits per heavy atom. The molecular weight excluding hydrogens is 526 g/mol. The van der Waals surface area contributed by atoms with E-state index in [2.05, 4.69) is 14.9 Å². The van der Waals surface area contributed by atoms with Crippen LogP contribution in [0.4, 0.5) is 5.69 Å². The van der Waals surface area contributed by atoms with Gasteiger partial charge in [0.15, 0.2) is 0 Å². The Morgan fingerprint density at radius 1 is 1.23 bits per heavy atom. The molecule has 0 saturated carbocycles. The number of thiazole rings is 1. The smallest absolute Gasteiger partial charge is 0.273 e. The molecule has 0 aliphatic carbocycles. The van der Waals surface area contributed by atoms with Gasteiger partial charge in [0.1, 0.15) is 9.22 Å². The predicted molar refractivity (Wildman–Crippen MR) is 142 cm³/mol. The molecule has 3 aromatic heterocycles. The highest BCUT2D eigenvalue weighted by atomic mass is 35.5. The monoisotopic (exact) mass is 549 g/mol. The summed E-state index contributed by atoms with van der Waals surface area (Å²) in [7, 11) is -2.14. The van der Waals surface area contributed by atoms with Crippen LogP contribution in [0.5, 0.6) is 0 Å². The first kappa shape index (κ1) is 24.3. The summed E-state index contributed by atoms with van der Waals surface area (Å²) in [6.07, 6.45) is 1.87. The third kappa shape index (κ3) is 4.70. The summed E-state index contributed by atoms with van der Waals surface area (Å²) < 4.78 is 27.8. The van der Waals surface area contributed by atoms with Crippen LogP contribution >= 0.6 is 34.3 Å². The second-order valence-corrected chi connectivity index (χ2v) is 13.0. The van der Waals surface area contributed by atoms with Crippen LogP contribution in [0.2, 0.25) is 5.02 Å². The van der Waals surface area contributed by atoms with Gasteiger partial charge in [-0.1, -0.05) is 17.7 Å². The minimum Gasteiger partial charge on any atom is -0.351 e. The van der Waals surface area contributed by atoms with Gasteiger partial charge in [-0.2, -0.15) is 0 Å². The number of carbonyl (C=O) groups is 1. The highest BCUT2D eigenvalue weighted by molar-refractivity contribution is 7.94. The molecule has 0 unspecified atom stereocenters. The van der Waals surface area contributed by atoms with Gasteiger partial charge in [0.2, 0.25) is 5.91 Å². The Balaban J connectivity index is 1.40. The van der Waals surface area contributed by atoms with Crippen LogP contribution in [0.1, 0.15) is 11.8 Å². The molecule has 1 amide bonds. The Bertz CT molecular complexity index is 1470. The van der Waals surface area contributed by atoms with E-state index in [1.54, 1.807) is 55.0 Å². The first-order valence-electron chi connectivity index (χ1n) is 11.0. The second kappa shape index (κ2) is 9.55. The molecule has 184 valence electrons. The van der Waals surface area contributed by atoms with E-state index in [0.717, 1.165) is 53.7 Å². The zero-order chi connectivity index (χ0) is 24.7.